The van der Waals surface area contributed by atoms with E-state index >= 15 is 0 Å². The smallest absolute Gasteiger partial charge is 0.138 e. The lowest BCUT2D eigenvalue weighted by atomic mass is 10.3. The zero-order valence-electron chi connectivity index (χ0n) is 12.7. The van der Waals surface area contributed by atoms with Crippen molar-refractivity contribution in [2.24, 2.45) is 0 Å². The van der Waals surface area contributed by atoms with E-state index in [9.17, 15) is 0 Å². The summed E-state index contributed by atoms with van der Waals surface area (Å²) < 4.78 is 0. The summed E-state index contributed by atoms with van der Waals surface area (Å²) in [4.78, 5) is 11.5. The highest BCUT2D eigenvalue weighted by molar-refractivity contribution is 5.61. The van der Waals surface area contributed by atoms with Crippen molar-refractivity contribution < 1.29 is 0 Å². The third-order valence-corrected chi connectivity index (χ3v) is 3.72. The minimum absolute atomic E-state index is 0.552. The van der Waals surface area contributed by atoms with E-state index in [1.807, 2.05) is 24.3 Å². The molecule has 21 heavy (non-hydrogen) atoms. The number of hydrogen-bond donors (Lipinski definition) is 1. The highest BCUT2D eigenvalue weighted by Crippen LogP contribution is 2.39. The van der Waals surface area contributed by atoms with Crippen molar-refractivity contribution in [2.75, 3.05) is 23.8 Å². The van der Waals surface area contributed by atoms with Crippen molar-refractivity contribution in [2.45, 2.75) is 32.1 Å². The third-order valence-electron chi connectivity index (χ3n) is 3.72. The fraction of sp³-hybridized carbons (Fsp3) is 0.412. The van der Waals surface area contributed by atoms with E-state index < -0.39 is 0 Å². The van der Waals surface area contributed by atoms with Gasteiger partial charge in [-0.2, -0.15) is 0 Å². The van der Waals surface area contributed by atoms with Gasteiger partial charge in [-0.1, -0.05) is 25.1 Å². The monoisotopic (exact) mass is 282 g/mol. The van der Waals surface area contributed by atoms with Crippen LogP contribution in [0.2, 0.25) is 0 Å². The second-order valence-corrected chi connectivity index (χ2v) is 5.57. The van der Waals surface area contributed by atoms with Gasteiger partial charge in [0.25, 0.3) is 0 Å². The van der Waals surface area contributed by atoms with E-state index in [1.54, 1.807) is 0 Å². The third kappa shape index (κ3) is 3.32. The van der Waals surface area contributed by atoms with Gasteiger partial charge in [-0.25, -0.2) is 9.97 Å². The van der Waals surface area contributed by atoms with Crippen molar-refractivity contribution in [3.63, 3.8) is 0 Å². The average molecular weight is 282 g/mol. The topological polar surface area (TPSA) is 41.0 Å². The molecule has 1 heterocycles. The van der Waals surface area contributed by atoms with Crippen molar-refractivity contribution in [3.8, 4) is 0 Å². The number of aromatic nitrogens is 2. The molecule has 3 rings (SSSR count). The lowest BCUT2D eigenvalue weighted by Crippen LogP contribution is -2.14. The van der Waals surface area contributed by atoms with E-state index in [-0.39, 0.29) is 0 Å². The first-order chi connectivity index (χ1) is 10.3. The SMILES string of the molecule is CCCNc1cc(N(C)c2ccccc2)nc(C2CC2)n1. The molecule has 1 aliphatic carbocycles. The summed E-state index contributed by atoms with van der Waals surface area (Å²) in [6.45, 7) is 3.10. The minimum atomic E-state index is 0.552. The molecule has 1 fully saturated rings. The number of nitrogens with zero attached hydrogens (tertiary/aromatic N) is 3. The van der Waals surface area contributed by atoms with Gasteiger partial charge in [-0.05, 0) is 31.4 Å². The van der Waals surface area contributed by atoms with E-state index in [0.717, 1.165) is 36.1 Å². The van der Waals surface area contributed by atoms with Gasteiger partial charge >= 0.3 is 0 Å². The van der Waals surface area contributed by atoms with Crippen molar-refractivity contribution in [1.29, 1.82) is 0 Å². The van der Waals surface area contributed by atoms with Crippen LogP contribution in [0, 0.1) is 0 Å². The Morgan fingerprint density at radius 1 is 1.19 bits per heavy atom. The van der Waals surface area contributed by atoms with Crippen LogP contribution in [-0.4, -0.2) is 23.6 Å². The highest BCUT2D eigenvalue weighted by Gasteiger charge is 2.27. The Hall–Kier alpha value is -2.10. The summed E-state index contributed by atoms with van der Waals surface area (Å²) in [5.74, 6) is 3.42. The van der Waals surface area contributed by atoms with Gasteiger partial charge in [-0.15, -0.1) is 0 Å². The number of rotatable bonds is 6. The first kappa shape index (κ1) is 13.9. The van der Waals surface area contributed by atoms with E-state index in [2.05, 4.69) is 41.3 Å². The van der Waals surface area contributed by atoms with Crippen LogP contribution in [0.25, 0.3) is 0 Å². The largest absolute Gasteiger partial charge is 0.370 e. The maximum absolute atomic E-state index is 4.75. The van der Waals surface area contributed by atoms with Crippen LogP contribution in [0.5, 0.6) is 0 Å². The predicted molar refractivity (Wildman–Crippen MR) is 87.3 cm³/mol. The number of para-hydroxylation sites is 1. The number of hydrogen-bond acceptors (Lipinski definition) is 4. The molecule has 0 bridgehead atoms. The summed E-state index contributed by atoms with van der Waals surface area (Å²) in [5, 5.41) is 3.39. The van der Waals surface area contributed by atoms with Gasteiger partial charge in [0.15, 0.2) is 0 Å². The van der Waals surface area contributed by atoms with Crippen molar-refractivity contribution in [1.82, 2.24) is 9.97 Å². The molecule has 0 atom stereocenters. The minimum Gasteiger partial charge on any atom is -0.370 e. The first-order valence-corrected chi connectivity index (χ1v) is 7.69. The quantitative estimate of drug-likeness (QED) is 0.871. The van der Waals surface area contributed by atoms with Crippen molar-refractivity contribution >= 4 is 17.3 Å². The fourth-order valence-corrected chi connectivity index (χ4v) is 2.28. The van der Waals surface area contributed by atoms with E-state index in [1.165, 1.54) is 12.8 Å². The van der Waals surface area contributed by atoms with Gasteiger partial charge in [0.05, 0.1) is 0 Å². The molecule has 1 aromatic carbocycles. The molecule has 1 saturated carbocycles. The van der Waals surface area contributed by atoms with Crippen LogP contribution < -0.4 is 10.2 Å². The maximum atomic E-state index is 4.75. The molecule has 1 N–H and O–H groups in total. The summed E-state index contributed by atoms with van der Waals surface area (Å²) >= 11 is 0. The van der Waals surface area contributed by atoms with Crippen LogP contribution in [0.15, 0.2) is 36.4 Å². The Bertz CT molecular complexity index is 593. The van der Waals surface area contributed by atoms with Gasteiger partial charge in [-0.3, -0.25) is 0 Å². The van der Waals surface area contributed by atoms with E-state index in [0.29, 0.717) is 5.92 Å². The Morgan fingerprint density at radius 2 is 1.95 bits per heavy atom. The Balaban J connectivity index is 1.90. The maximum Gasteiger partial charge on any atom is 0.138 e. The second kappa shape index (κ2) is 6.12. The molecule has 4 heteroatoms. The molecule has 0 spiro atoms. The number of nitrogens with one attached hydrogen (secondary N) is 1. The molecule has 0 unspecified atom stereocenters. The lowest BCUT2D eigenvalue weighted by molar-refractivity contribution is 0.899. The molecule has 2 aromatic rings. The standard InChI is InChI=1S/C17H22N4/c1-3-11-18-15-12-16(20-17(19-15)13-9-10-13)21(2)14-7-5-4-6-8-14/h4-8,12-13H,3,9-11H2,1-2H3,(H,18,19,20). The fourth-order valence-electron chi connectivity index (χ4n) is 2.28. The molecule has 0 aliphatic heterocycles. The van der Waals surface area contributed by atoms with Gasteiger partial charge in [0, 0.05) is 31.3 Å². The zero-order chi connectivity index (χ0) is 14.7. The molecular weight excluding hydrogens is 260 g/mol. The highest BCUT2D eigenvalue weighted by atomic mass is 15.2. The average Bonchev–Trinajstić information content (AvgIpc) is 3.37. The molecule has 1 aromatic heterocycles. The van der Waals surface area contributed by atoms with Gasteiger partial charge in [0.2, 0.25) is 0 Å². The van der Waals surface area contributed by atoms with Gasteiger partial charge in [0.1, 0.15) is 17.5 Å². The second-order valence-electron chi connectivity index (χ2n) is 5.57. The number of benzene rings is 1. The summed E-state index contributed by atoms with van der Waals surface area (Å²) in [6.07, 6.45) is 3.52. The molecule has 110 valence electrons. The lowest BCUT2D eigenvalue weighted by Gasteiger charge is -2.20. The summed E-state index contributed by atoms with van der Waals surface area (Å²) in [6, 6.07) is 12.3. The van der Waals surface area contributed by atoms with Crippen LogP contribution in [-0.2, 0) is 0 Å². The Morgan fingerprint density at radius 3 is 2.62 bits per heavy atom. The van der Waals surface area contributed by atoms with Crippen molar-refractivity contribution in [3.05, 3.63) is 42.2 Å². The molecular formula is C17H22N4. The van der Waals surface area contributed by atoms with Crippen LogP contribution in [0.1, 0.15) is 37.9 Å². The Kier molecular flexibility index (Phi) is 4.04. The summed E-state index contributed by atoms with van der Waals surface area (Å²) in [7, 11) is 2.05. The molecule has 0 amide bonds. The normalized spacial score (nSPS) is 14.0. The number of anilines is 3. The molecule has 0 saturated heterocycles. The molecule has 4 nitrogen and oxygen atoms in total. The Labute approximate surface area is 126 Å². The van der Waals surface area contributed by atoms with Crippen LogP contribution in [0.3, 0.4) is 0 Å². The first-order valence-electron chi connectivity index (χ1n) is 7.69. The molecule has 1 aliphatic rings. The van der Waals surface area contributed by atoms with Crippen LogP contribution in [0.4, 0.5) is 17.3 Å². The predicted octanol–water partition coefficient (Wildman–Crippen LogP) is 3.94. The van der Waals surface area contributed by atoms with Gasteiger partial charge < -0.3 is 10.2 Å². The van der Waals surface area contributed by atoms with E-state index in [4.69, 9.17) is 4.98 Å². The summed E-state index contributed by atoms with van der Waals surface area (Å²) in [5.41, 5.74) is 1.14. The van der Waals surface area contributed by atoms with Crippen LogP contribution >= 0.6 is 0 Å². The molecule has 0 radical (unpaired) electrons. The zero-order valence-corrected chi connectivity index (χ0v) is 12.7.